The Morgan fingerprint density at radius 1 is 0.500 bits per heavy atom. The molecule has 40 heavy (non-hydrogen) atoms. The highest BCUT2D eigenvalue weighted by atomic mass is 15.1. The van der Waals surface area contributed by atoms with Crippen LogP contribution in [0.25, 0.3) is 66.9 Å². The number of pyridine rings is 2. The monoisotopic (exact) mass is 513 g/mol. The van der Waals surface area contributed by atoms with E-state index in [1.54, 1.807) is 12.4 Å². The van der Waals surface area contributed by atoms with Gasteiger partial charge >= 0.3 is 0 Å². The lowest BCUT2D eigenvalue weighted by atomic mass is 10.0. The van der Waals surface area contributed by atoms with Crippen molar-refractivity contribution in [1.82, 2.24) is 24.1 Å². The second-order valence-electron chi connectivity index (χ2n) is 9.76. The predicted molar refractivity (Wildman–Crippen MR) is 162 cm³/mol. The Morgan fingerprint density at radius 3 is 2.10 bits per heavy atom. The lowest BCUT2D eigenvalue weighted by Gasteiger charge is -2.14. The van der Waals surface area contributed by atoms with Crippen LogP contribution in [0.1, 0.15) is 0 Å². The van der Waals surface area contributed by atoms with Crippen LogP contribution in [0.4, 0.5) is 0 Å². The number of fused-ring (bicyclic) bond motifs is 5. The van der Waals surface area contributed by atoms with Crippen molar-refractivity contribution in [2.45, 2.75) is 0 Å². The lowest BCUT2D eigenvalue weighted by molar-refractivity contribution is 1.03. The molecule has 0 fully saturated rings. The van der Waals surface area contributed by atoms with Gasteiger partial charge in [-0.15, -0.1) is 0 Å². The van der Waals surface area contributed by atoms with Crippen LogP contribution >= 0.6 is 0 Å². The van der Waals surface area contributed by atoms with E-state index in [1.165, 1.54) is 11.1 Å². The Bertz CT molecular complexity index is 2140. The number of hydrogen-bond donors (Lipinski definition) is 0. The van der Waals surface area contributed by atoms with E-state index >= 15 is 0 Å². The summed E-state index contributed by atoms with van der Waals surface area (Å²) in [6, 6.07) is 42.1. The van der Waals surface area contributed by atoms with Gasteiger partial charge in [0, 0.05) is 40.5 Å². The molecule has 4 aromatic heterocycles. The summed E-state index contributed by atoms with van der Waals surface area (Å²) in [5, 5.41) is 2.29. The number of benzene rings is 4. The molecule has 0 unspecified atom stereocenters. The predicted octanol–water partition coefficient (Wildman–Crippen LogP) is 8.25. The van der Waals surface area contributed by atoms with Crippen molar-refractivity contribution < 1.29 is 0 Å². The van der Waals surface area contributed by atoms with Gasteiger partial charge in [0.1, 0.15) is 11.6 Å². The number of aromatic nitrogens is 5. The first kappa shape index (κ1) is 22.4. The maximum Gasteiger partial charge on any atom is 0.147 e. The first-order chi connectivity index (χ1) is 19.9. The molecule has 0 bridgehead atoms. The van der Waals surface area contributed by atoms with Crippen molar-refractivity contribution in [3.05, 3.63) is 140 Å². The van der Waals surface area contributed by atoms with Gasteiger partial charge in [0.05, 0.1) is 27.8 Å². The van der Waals surface area contributed by atoms with Crippen LogP contribution in [0, 0.1) is 0 Å². The van der Waals surface area contributed by atoms with Gasteiger partial charge in [0.15, 0.2) is 0 Å². The molecule has 0 aliphatic rings. The SMILES string of the molecule is c1ccc(-c2ccccc2-n2c3ccccc3c3c4nc(-c5ccncc5)n(-c5ccccn5)c4ccc32)cc1. The van der Waals surface area contributed by atoms with Gasteiger partial charge in [0.25, 0.3) is 0 Å². The van der Waals surface area contributed by atoms with Crippen molar-refractivity contribution >= 4 is 32.8 Å². The molecular weight excluding hydrogens is 490 g/mol. The molecule has 0 amide bonds. The molecular formula is C35H23N5. The normalized spacial score (nSPS) is 11.5. The van der Waals surface area contributed by atoms with Gasteiger partial charge in [-0.05, 0) is 54.1 Å². The fourth-order valence-electron chi connectivity index (χ4n) is 5.80. The average molecular weight is 514 g/mol. The van der Waals surface area contributed by atoms with Gasteiger partial charge < -0.3 is 4.57 Å². The zero-order valence-corrected chi connectivity index (χ0v) is 21.5. The minimum Gasteiger partial charge on any atom is -0.309 e. The topological polar surface area (TPSA) is 48.5 Å². The summed E-state index contributed by atoms with van der Waals surface area (Å²) >= 11 is 0. The molecule has 188 valence electrons. The van der Waals surface area contributed by atoms with E-state index < -0.39 is 0 Å². The van der Waals surface area contributed by atoms with Gasteiger partial charge in [0.2, 0.25) is 0 Å². The fourth-order valence-corrected chi connectivity index (χ4v) is 5.80. The van der Waals surface area contributed by atoms with Gasteiger partial charge in [-0.2, -0.15) is 0 Å². The first-order valence-electron chi connectivity index (χ1n) is 13.3. The van der Waals surface area contributed by atoms with Crippen molar-refractivity contribution in [3.8, 4) is 34.0 Å². The van der Waals surface area contributed by atoms with Gasteiger partial charge in [-0.3, -0.25) is 9.55 Å². The third kappa shape index (κ3) is 3.38. The van der Waals surface area contributed by atoms with Crippen LogP contribution in [0.5, 0.6) is 0 Å². The number of hydrogen-bond acceptors (Lipinski definition) is 3. The molecule has 4 heterocycles. The molecule has 0 saturated heterocycles. The molecule has 8 rings (SSSR count). The molecule has 0 N–H and O–H groups in total. The molecule has 8 aromatic rings. The number of nitrogens with zero attached hydrogens (tertiary/aromatic N) is 5. The number of imidazole rings is 1. The van der Waals surface area contributed by atoms with E-state index in [2.05, 4.69) is 105 Å². The summed E-state index contributed by atoms with van der Waals surface area (Å²) in [6.07, 6.45) is 5.43. The summed E-state index contributed by atoms with van der Waals surface area (Å²) < 4.78 is 4.52. The molecule has 5 heteroatoms. The average Bonchev–Trinajstić information content (AvgIpc) is 3.58. The molecule has 4 aromatic carbocycles. The van der Waals surface area contributed by atoms with Crippen molar-refractivity contribution in [3.63, 3.8) is 0 Å². The van der Waals surface area contributed by atoms with E-state index in [9.17, 15) is 0 Å². The minimum absolute atomic E-state index is 0.828. The van der Waals surface area contributed by atoms with E-state index in [0.717, 1.165) is 55.7 Å². The van der Waals surface area contributed by atoms with Crippen LogP contribution in [0.15, 0.2) is 140 Å². The lowest BCUT2D eigenvalue weighted by Crippen LogP contribution is -2.00. The van der Waals surface area contributed by atoms with Crippen molar-refractivity contribution in [2.75, 3.05) is 0 Å². The fraction of sp³-hybridized carbons (Fsp3) is 0. The summed E-state index contributed by atoms with van der Waals surface area (Å²) in [6.45, 7) is 0. The minimum atomic E-state index is 0.828. The second-order valence-corrected chi connectivity index (χ2v) is 9.76. The summed E-state index contributed by atoms with van der Waals surface area (Å²) in [5.41, 5.74) is 8.71. The molecule has 0 aliphatic heterocycles. The Kier molecular flexibility index (Phi) is 5.07. The van der Waals surface area contributed by atoms with E-state index in [-0.39, 0.29) is 0 Å². The van der Waals surface area contributed by atoms with E-state index in [4.69, 9.17) is 9.97 Å². The summed E-state index contributed by atoms with van der Waals surface area (Å²) in [5.74, 6) is 1.67. The second kappa shape index (κ2) is 9.03. The first-order valence-corrected chi connectivity index (χ1v) is 13.3. The van der Waals surface area contributed by atoms with Crippen LogP contribution in [0.2, 0.25) is 0 Å². The molecule has 0 saturated carbocycles. The zero-order chi connectivity index (χ0) is 26.5. The molecule has 0 atom stereocenters. The number of rotatable bonds is 4. The quantitative estimate of drug-likeness (QED) is 0.238. The van der Waals surface area contributed by atoms with Crippen molar-refractivity contribution in [2.24, 2.45) is 0 Å². The van der Waals surface area contributed by atoms with Crippen LogP contribution < -0.4 is 0 Å². The highest BCUT2D eigenvalue weighted by molar-refractivity contribution is 6.20. The Labute approximate surface area is 230 Å². The third-order valence-electron chi connectivity index (χ3n) is 7.51. The highest BCUT2D eigenvalue weighted by Crippen LogP contribution is 2.40. The molecule has 0 spiro atoms. The maximum absolute atomic E-state index is 5.31. The zero-order valence-electron chi connectivity index (χ0n) is 21.5. The molecule has 5 nitrogen and oxygen atoms in total. The van der Waals surface area contributed by atoms with Gasteiger partial charge in [-0.1, -0.05) is 72.8 Å². The summed E-state index contributed by atoms with van der Waals surface area (Å²) in [4.78, 5) is 14.2. The summed E-state index contributed by atoms with van der Waals surface area (Å²) in [7, 11) is 0. The smallest absolute Gasteiger partial charge is 0.147 e. The maximum atomic E-state index is 5.31. The molecule has 0 aliphatic carbocycles. The Balaban J connectivity index is 1.50. The third-order valence-corrected chi connectivity index (χ3v) is 7.51. The van der Waals surface area contributed by atoms with Crippen molar-refractivity contribution in [1.29, 1.82) is 0 Å². The molecule has 0 radical (unpaired) electrons. The van der Waals surface area contributed by atoms with Crippen LogP contribution in [-0.2, 0) is 0 Å². The van der Waals surface area contributed by atoms with Gasteiger partial charge in [-0.25, -0.2) is 9.97 Å². The largest absolute Gasteiger partial charge is 0.309 e. The highest BCUT2D eigenvalue weighted by Gasteiger charge is 2.22. The Morgan fingerprint density at radius 2 is 1.25 bits per heavy atom. The van der Waals surface area contributed by atoms with E-state index in [0.29, 0.717) is 0 Å². The number of para-hydroxylation sites is 2. The van der Waals surface area contributed by atoms with Crippen LogP contribution in [-0.4, -0.2) is 24.1 Å². The van der Waals surface area contributed by atoms with E-state index in [1.807, 2.05) is 36.5 Å². The standard InChI is InChI=1S/C35H23N5/c1-2-10-24(11-3-1)26-12-4-6-14-28(26)39-29-15-7-5-13-27(29)33-30(39)17-18-31-34(33)38-35(25-19-22-36-23-20-25)40(31)32-16-8-9-21-37-32/h1-23H. The van der Waals surface area contributed by atoms with Crippen LogP contribution in [0.3, 0.4) is 0 Å². The Hall–Kier alpha value is -5.55.